The molecule has 0 unspecified atom stereocenters. The number of hydrogen-bond donors (Lipinski definition) is 0. The molecule has 0 fully saturated rings. The minimum atomic E-state index is -1.77. The van der Waals surface area contributed by atoms with E-state index in [0.717, 1.165) is 11.1 Å². The van der Waals surface area contributed by atoms with Crippen LogP contribution in [0.15, 0.2) is 114 Å². The predicted octanol–water partition coefficient (Wildman–Crippen LogP) is 5.55. The van der Waals surface area contributed by atoms with Crippen molar-refractivity contribution in [3.8, 4) is 5.75 Å². The monoisotopic (exact) mass is 594 g/mol. The summed E-state index contributed by atoms with van der Waals surface area (Å²) in [4.78, 5) is 54.9. The fraction of sp³-hybridized carbons (Fsp3) is 0.152. The second kappa shape index (κ2) is 13.4. The van der Waals surface area contributed by atoms with Crippen molar-refractivity contribution in [2.45, 2.75) is 31.7 Å². The highest BCUT2D eigenvalue weighted by atomic mass is 16.7. The van der Waals surface area contributed by atoms with Gasteiger partial charge in [-0.3, -0.25) is 14.9 Å². The Labute approximate surface area is 251 Å². The highest BCUT2D eigenvalue weighted by Gasteiger charge is 2.50. The molecule has 44 heavy (non-hydrogen) atoms. The molecule has 222 valence electrons. The average Bonchev–Trinajstić information content (AvgIpc) is 3.49. The summed E-state index contributed by atoms with van der Waals surface area (Å²) in [5, 5.41) is 15.0. The van der Waals surface area contributed by atoms with E-state index < -0.39 is 34.9 Å². The standard InChI is InChI=1S/C33H26N2O9/c36-30(41-21-23-8-3-1-4-9-23)20-33(32(38)42-22-24-10-5-2-6-11-24)19-29(34-44-33)26-12-7-13-28(18-26)43-31(37)25-14-16-27(17-15-25)35(39)40/h1-18H,19-22H2/t33-/m1/s1. The van der Waals surface area contributed by atoms with Crippen molar-refractivity contribution in [2.24, 2.45) is 5.16 Å². The molecule has 0 amide bonds. The fourth-order valence-corrected chi connectivity index (χ4v) is 4.41. The van der Waals surface area contributed by atoms with E-state index in [4.69, 9.17) is 19.0 Å². The Morgan fingerprint density at radius 3 is 2.09 bits per heavy atom. The number of ether oxygens (including phenoxy) is 3. The molecule has 1 atom stereocenters. The third kappa shape index (κ3) is 7.32. The van der Waals surface area contributed by atoms with Gasteiger partial charge in [0, 0.05) is 24.1 Å². The molecule has 1 heterocycles. The molecule has 0 aliphatic carbocycles. The Morgan fingerprint density at radius 2 is 1.45 bits per heavy atom. The zero-order chi connectivity index (χ0) is 30.9. The summed E-state index contributed by atoms with van der Waals surface area (Å²) in [5.41, 5.74) is 0.535. The molecule has 4 aromatic carbocycles. The van der Waals surface area contributed by atoms with Crippen molar-refractivity contribution < 1.29 is 38.4 Å². The molecule has 11 nitrogen and oxygen atoms in total. The SMILES string of the molecule is O=C(C[C@@]1(C(=O)OCc2ccccc2)CC(c2cccc(OC(=O)c3ccc([N+](=O)[O-])cc3)c2)=NO1)OCc1ccccc1. The number of nitrogens with zero attached hydrogens (tertiary/aromatic N) is 2. The van der Waals surface area contributed by atoms with Crippen molar-refractivity contribution >= 4 is 29.3 Å². The van der Waals surface area contributed by atoms with Gasteiger partial charge in [-0.25, -0.2) is 9.59 Å². The van der Waals surface area contributed by atoms with E-state index in [9.17, 15) is 24.5 Å². The quantitative estimate of drug-likeness (QED) is 0.0944. The lowest BCUT2D eigenvalue weighted by Gasteiger charge is -2.23. The molecular formula is C33H26N2O9. The molecule has 0 bridgehead atoms. The second-order valence-corrected chi connectivity index (χ2v) is 9.91. The molecule has 0 saturated carbocycles. The summed E-state index contributed by atoms with van der Waals surface area (Å²) in [5.74, 6) is -2.01. The smallest absolute Gasteiger partial charge is 0.354 e. The maximum absolute atomic E-state index is 13.4. The van der Waals surface area contributed by atoms with Crippen molar-refractivity contribution in [2.75, 3.05) is 0 Å². The van der Waals surface area contributed by atoms with E-state index >= 15 is 0 Å². The van der Waals surface area contributed by atoms with E-state index in [1.165, 1.54) is 30.3 Å². The highest BCUT2D eigenvalue weighted by Crippen LogP contribution is 2.33. The number of non-ortho nitro benzene ring substituents is 1. The van der Waals surface area contributed by atoms with Gasteiger partial charge in [-0.15, -0.1) is 0 Å². The summed E-state index contributed by atoms with van der Waals surface area (Å²) >= 11 is 0. The lowest BCUT2D eigenvalue weighted by molar-refractivity contribution is -0.384. The first-order valence-electron chi connectivity index (χ1n) is 13.5. The van der Waals surface area contributed by atoms with Crippen LogP contribution in [0.5, 0.6) is 5.75 Å². The van der Waals surface area contributed by atoms with Crippen molar-refractivity contribution in [3.05, 3.63) is 142 Å². The molecular weight excluding hydrogens is 568 g/mol. The molecule has 1 aliphatic rings. The maximum Gasteiger partial charge on any atom is 0.354 e. The number of nitro groups is 1. The first-order chi connectivity index (χ1) is 21.3. The third-order valence-electron chi connectivity index (χ3n) is 6.73. The predicted molar refractivity (Wildman–Crippen MR) is 157 cm³/mol. The Hall–Kier alpha value is -5.84. The van der Waals surface area contributed by atoms with Gasteiger partial charge in [0.15, 0.2) is 0 Å². The van der Waals surface area contributed by atoms with Crippen LogP contribution in [-0.4, -0.2) is 34.1 Å². The number of esters is 3. The first-order valence-corrected chi connectivity index (χ1v) is 13.5. The van der Waals surface area contributed by atoms with Crippen LogP contribution >= 0.6 is 0 Å². The molecule has 1 aliphatic heterocycles. The molecule has 0 N–H and O–H groups in total. The van der Waals surface area contributed by atoms with Gasteiger partial charge in [-0.1, -0.05) is 78.0 Å². The van der Waals surface area contributed by atoms with Gasteiger partial charge in [0.05, 0.1) is 22.6 Å². The van der Waals surface area contributed by atoms with Crippen LogP contribution in [0.25, 0.3) is 0 Å². The van der Waals surface area contributed by atoms with Gasteiger partial charge in [0.25, 0.3) is 5.69 Å². The van der Waals surface area contributed by atoms with Gasteiger partial charge < -0.3 is 19.0 Å². The topological polar surface area (TPSA) is 144 Å². The molecule has 0 radical (unpaired) electrons. The second-order valence-electron chi connectivity index (χ2n) is 9.91. The van der Waals surface area contributed by atoms with Crippen LogP contribution in [0, 0.1) is 10.1 Å². The summed E-state index contributed by atoms with van der Waals surface area (Å²) in [6.45, 7) is -0.0159. The zero-order valence-corrected chi connectivity index (χ0v) is 23.3. The van der Waals surface area contributed by atoms with Gasteiger partial charge in [-0.2, -0.15) is 0 Å². The Bertz CT molecular complexity index is 1690. The summed E-state index contributed by atoms with van der Waals surface area (Å²) in [6.07, 6.45) is -0.559. The number of nitro benzene ring substituents is 1. The third-order valence-corrected chi connectivity index (χ3v) is 6.73. The summed E-state index contributed by atoms with van der Waals surface area (Å²) in [6, 6.07) is 29.6. The Kier molecular flexibility index (Phi) is 9.05. The van der Waals surface area contributed by atoms with Crippen LogP contribution in [0.3, 0.4) is 0 Å². The average molecular weight is 595 g/mol. The molecule has 0 saturated heterocycles. The summed E-state index contributed by atoms with van der Waals surface area (Å²) < 4.78 is 16.4. The number of oxime groups is 1. The van der Waals surface area contributed by atoms with Crippen molar-refractivity contribution in [1.82, 2.24) is 0 Å². The van der Waals surface area contributed by atoms with Gasteiger partial charge >= 0.3 is 17.9 Å². The van der Waals surface area contributed by atoms with Crippen LogP contribution < -0.4 is 4.74 Å². The van der Waals surface area contributed by atoms with Crippen LogP contribution in [0.1, 0.15) is 39.9 Å². The van der Waals surface area contributed by atoms with Gasteiger partial charge in [0.2, 0.25) is 5.60 Å². The molecule has 4 aromatic rings. The van der Waals surface area contributed by atoms with E-state index in [1.807, 2.05) is 48.5 Å². The van der Waals surface area contributed by atoms with E-state index in [2.05, 4.69) is 5.16 Å². The minimum absolute atomic E-state index is 0.0186. The van der Waals surface area contributed by atoms with Crippen LogP contribution in [-0.2, 0) is 37.1 Å². The molecule has 11 heteroatoms. The number of carbonyl (C=O) groups excluding carboxylic acids is 3. The molecule has 5 rings (SSSR count). The van der Waals surface area contributed by atoms with Crippen LogP contribution in [0.2, 0.25) is 0 Å². The number of hydrogen-bond acceptors (Lipinski definition) is 10. The normalized spacial score (nSPS) is 15.4. The van der Waals surface area contributed by atoms with Gasteiger partial charge in [-0.05, 0) is 35.4 Å². The highest BCUT2D eigenvalue weighted by molar-refractivity contribution is 6.06. The molecule has 0 spiro atoms. The van der Waals surface area contributed by atoms with Crippen molar-refractivity contribution in [3.63, 3.8) is 0 Å². The minimum Gasteiger partial charge on any atom is -0.461 e. The fourth-order valence-electron chi connectivity index (χ4n) is 4.41. The zero-order valence-electron chi connectivity index (χ0n) is 23.3. The first kappa shape index (κ1) is 29.6. The Morgan fingerprint density at radius 1 is 0.818 bits per heavy atom. The van der Waals surface area contributed by atoms with E-state index in [-0.39, 0.29) is 36.6 Å². The van der Waals surface area contributed by atoms with E-state index in [0.29, 0.717) is 11.3 Å². The maximum atomic E-state index is 13.4. The Balaban J connectivity index is 1.29. The molecule has 0 aromatic heterocycles. The van der Waals surface area contributed by atoms with Crippen LogP contribution in [0.4, 0.5) is 5.69 Å². The largest absolute Gasteiger partial charge is 0.461 e. The van der Waals surface area contributed by atoms with E-state index in [1.54, 1.807) is 30.3 Å². The number of benzene rings is 4. The summed E-state index contributed by atoms with van der Waals surface area (Å²) in [7, 11) is 0. The lowest BCUT2D eigenvalue weighted by atomic mass is 9.91. The number of carbonyl (C=O) groups is 3. The number of rotatable bonds is 11. The lowest BCUT2D eigenvalue weighted by Crippen LogP contribution is -2.43. The van der Waals surface area contributed by atoms with Crippen molar-refractivity contribution in [1.29, 1.82) is 0 Å². The van der Waals surface area contributed by atoms with Gasteiger partial charge in [0.1, 0.15) is 19.0 Å².